The van der Waals surface area contributed by atoms with Gasteiger partial charge < -0.3 is 9.55 Å². The van der Waals surface area contributed by atoms with E-state index in [-0.39, 0.29) is 0 Å². The molecule has 1 N–H and O–H groups in total. The van der Waals surface area contributed by atoms with Gasteiger partial charge in [0.25, 0.3) is 0 Å². The van der Waals surface area contributed by atoms with Gasteiger partial charge in [0.1, 0.15) is 0 Å². The van der Waals surface area contributed by atoms with Crippen LogP contribution in [0.2, 0.25) is 0 Å². The lowest BCUT2D eigenvalue weighted by Crippen LogP contribution is -2.02. The minimum absolute atomic E-state index is 0.894. The van der Waals surface area contributed by atoms with Gasteiger partial charge in [0, 0.05) is 45.9 Å². The van der Waals surface area contributed by atoms with E-state index < -0.39 is 0 Å². The van der Waals surface area contributed by atoms with Crippen LogP contribution in [0.25, 0.3) is 45.8 Å². The Morgan fingerprint density at radius 1 is 0.939 bits per heavy atom. The topological polar surface area (TPSA) is 20.7 Å². The van der Waals surface area contributed by atoms with Gasteiger partial charge in [0.2, 0.25) is 0 Å². The first-order chi connectivity index (χ1) is 16.3. The van der Waals surface area contributed by atoms with Crippen LogP contribution in [0.3, 0.4) is 0 Å². The van der Waals surface area contributed by atoms with Gasteiger partial charge >= 0.3 is 0 Å². The second-order valence-electron chi connectivity index (χ2n) is 8.31. The van der Waals surface area contributed by atoms with Gasteiger partial charge in [-0.3, -0.25) is 0 Å². The van der Waals surface area contributed by atoms with E-state index in [0.717, 1.165) is 12.8 Å². The summed E-state index contributed by atoms with van der Waals surface area (Å²) in [6.07, 6.45) is 25.2. The van der Waals surface area contributed by atoms with Crippen LogP contribution < -0.4 is 0 Å². The van der Waals surface area contributed by atoms with E-state index in [1.54, 1.807) is 0 Å². The minimum Gasteiger partial charge on any atom is -0.358 e. The Hall–Kier alpha value is -4.22. The fourth-order valence-corrected chi connectivity index (χ4v) is 5.19. The summed E-state index contributed by atoms with van der Waals surface area (Å²) < 4.78 is 2.47. The van der Waals surface area contributed by atoms with Gasteiger partial charge in [-0.15, -0.1) is 12.8 Å². The molecule has 0 aliphatic heterocycles. The van der Waals surface area contributed by atoms with Crippen molar-refractivity contribution >= 4 is 29.0 Å². The molecule has 33 heavy (non-hydrogen) atoms. The van der Waals surface area contributed by atoms with Crippen LogP contribution in [0.15, 0.2) is 73.3 Å². The summed E-state index contributed by atoms with van der Waals surface area (Å²) in [6, 6.07) is 15.4. The molecule has 2 aromatic carbocycles. The lowest BCUT2D eigenvalue weighted by molar-refractivity contribution is 0.966. The quantitative estimate of drug-likeness (QED) is 0.320. The molecule has 2 heterocycles. The molecule has 2 aromatic heterocycles. The maximum Gasteiger partial charge on any atom is 0.0500 e. The summed E-state index contributed by atoms with van der Waals surface area (Å²) in [6.45, 7) is 6.26. The normalized spacial score (nSPS) is 13.3. The fourth-order valence-electron chi connectivity index (χ4n) is 5.19. The van der Waals surface area contributed by atoms with Crippen molar-refractivity contribution in [2.75, 3.05) is 0 Å². The van der Waals surface area contributed by atoms with E-state index in [1.165, 1.54) is 61.5 Å². The van der Waals surface area contributed by atoms with Crippen molar-refractivity contribution in [1.82, 2.24) is 9.55 Å². The van der Waals surface area contributed by atoms with E-state index in [0.29, 0.717) is 0 Å². The van der Waals surface area contributed by atoms with Crippen molar-refractivity contribution < 1.29 is 0 Å². The molecule has 2 aliphatic rings. The highest BCUT2D eigenvalue weighted by Crippen LogP contribution is 2.44. The summed E-state index contributed by atoms with van der Waals surface area (Å²) in [4.78, 5) is 3.59. The van der Waals surface area contributed by atoms with E-state index in [9.17, 15) is 0 Å². The molecule has 0 bridgehead atoms. The van der Waals surface area contributed by atoms with Gasteiger partial charge in [-0.25, -0.2) is 0 Å². The second kappa shape index (κ2) is 8.37. The first-order valence-electron chi connectivity index (χ1n) is 11.2. The fraction of sp³-hybridized carbons (Fsp3) is 0.0968. The van der Waals surface area contributed by atoms with Crippen LogP contribution in [0.5, 0.6) is 0 Å². The highest BCUT2D eigenvalue weighted by Gasteiger charge is 2.28. The number of terminal acetylenes is 1. The molecule has 0 saturated heterocycles. The number of hydrogen-bond acceptors (Lipinski definition) is 0. The number of aryl methyl sites for hydroxylation is 1. The van der Waals surface area contributed by atoms with E-state index >= 15 is 0 Å². The van der Waals surface area contributed by atoms with Crippen molar-refractivity contribution in [3.05, 3.63) is 107 Å². The maximum atomic E-state index is 4.13. The first kappa shape index (κ1) is 20.7. The largest absolute Gasteiger partial charge is 0.358 e. The molecular weight excluding hydrogens is 400 g/mol. The van der Waals surface area contributed by atoms with Gasteiger partial charge in [0.15, 0.2) is 0 Å². The highest BCUT2D eigenvalue weighted by molar-refractivity contribution is 5.91. The minimum atomic E-state index is 0.894. The zero-order chi connectivity index (χ0) is 22.9. The Kier molecular flexibility index (Phi) is 5.24. The standard InChI is InChI=1S/C29H24N2.C2H2/c1-3-23-19(2)30-25-13-9-15-27-29(28(23)25)24-12-5-4-6-14-26(24)31(27)22-17-16-20-10-7-8-11-21(20)18-22;1-2/h3-11,13-14,16-18,30H,1,12,15H2,2H3;1-2H. The molecule has 0 radical (unpaired) electrons. The molecule has 6 rings (SSSR count). The van der Waals surface area contributed by atoms with E-state index in [2.05, 4.69) is 115 Å². The second-order valence-corrected chi connectivity index (χ2v) is 8.31. The van der Waals surface area contributed by atoms with Gasteiger partial charge in [-0.2, -0.15) is 0 Å². The number of aromatic amines is 1. The molecule has 4 aromatic rings. The predicted octanol–water partition coefficient (Wildman–Crippen LogP) is 7.52. The van der Waals surface area contributed by atoms with Crippen molar-refractivity contribution in [2.24, 2.45) is 0 Å². The Morgan fingerprint density at radius 3 is 2.58 bits per heavy atom. The number of fused-ring (bicyclic) bond motifs is 6. The van der Waals surface area contributed by atoms with Crippen molar-refractivity contribution in [2.45, 2.75) is 19.8 Å². The Bertz CT molecular complexity index is 1490. The molecule has 0 amide bonds. The van der Waals surface area contributed by atoms with E-state index in [1.807, 2.05) is 6.08 Å². The number of nitrogens with zero attached hydrogens (tertiary/aromatic N) is 1. The van der Waals surface area contributed by atoms with Crippen LogP contribution in [-0.2, 0) is 12.8 Å². The molecule has 0 spiro atoms. The van der Waals surface area contributed by atoms with Crippen molar-refractivity contribution in [1.29, 1.82) is 0 Å². The zero-order valence-electron chi connectivity index (χ0n) is 18.8. The Labute approximate surface area is 195 Å². The molecule has 160 valence electrons. The maximum absolute atomic E-state index is 4.13. The smallest absolute Gasteiger partial charge is 0.0500 e. The lowest BCUT2D eigenvalue weighted by Gasteiger charge is -2.13. The monoisotopic (exact) mass is 426 g/mol. The number of H-pyrrole nitrogens is 1. The van der Waals surface area contributed by atoms with Crippen LogP contribution in [-0.4, -0.2) is 9.55 Å². The number of nitrogens with one attached hydrogen (secondary N) is 1. The van der Waals surface area contributed by atoms with Crippen LogP contribution in [0.4, 0.5) is 0 Å². The summed E-state index contributed by atoms with van der Waals surface area (Å²) in [5, 5.41) is 2.53. The van der Waals surface area contributed by atoms with Crippen LogP contribution in [0.1, 0.15) is 33.9 Å². The average Bonchev–Trinajstić information content (AvgIpc) is 3.10. The highest BCUT2D eigenvalue weighted by atomic mass is 15.0. The van der Waals surface area contributed by atoms with E-state index in [4.69, 9.17) is 0 Å². The van der Waals surface area contributed by atoms with Crippen molar-refractivity contribution in [3.8, 4) is 29.7 Å². The molecular formula is C31H26N2. The molecule has 0 saturated carbocycles. The Balaban J connectivity index is 0.00000111. The molecule has 2 nitrogen and oxygen atoms in total. The first-order valence-corrected chi connectivity index (χ1v) is 11.2. The molecule has 0 fully saturated rings. The summed E-state index contributed by atoms with van der Waals surface area (Å²) >= 11 is 0. The summed E-state index contributed by atoms with van der Waals surface area (Å²) in [5.74, 6) is 0. The molecule has 2 aliphatic carbocycles. The SMILES string of the molecule is C#C.C=Cc1c(C)[nH]c2c1-c1c3c(n(-c4ccc5ccccc5c4)c1CC=C2)C=CC=CC3. The van der Waals surface area contributed by atoms with Crippen LogP contribution in [0, 0.1) is 19.8 Å². The number of benzene rings is 2. The van der Waals surface area contributed by atoms with Crippen molar-refractivity contribution in [3.63, 3.8) is 0 Å². The van der Waals surface area contributed by atoms with Crippen LogP contribution >= 0.6 is 0 Å². The lowest BCUT2D eigenvalue weighted by atomic mass is 9.94. The third kappa shape index (κ3) is 3.22. The van der Waals surface area contributed by atoms with Gasteiger partial charge in [-0.1, -0.05) is 67.3 Å². The van der Waals surface area contributed by atoms with Gasteiger partial charge in [-0.05, 0) is 54.0 Å². The number of aromatic nitrogens is 2. The number of rotatable bonds is 2. The number of hydrogen-bond donors (Lipinski definition) is 1. The zero-order valence-corrected chi connectivity index (χ0v) is 18.8. The average molecular weight is 427 g/mol. The van der Waals surface area contributed by atoms with Gasteiger partial charge in [0.05, 0.1) is 5.69 Å². The third-order valence-electron chi connectivity index (χ3n) is 6.54. The molecule has 0 atom stereocenters. The molecule has 0 unspecified atom stereocenters. The summed E-state index contributed by atoms with van der Waals surface area (Å²) in [7, 11) is 0. The third-order valence-corrected chi connectivity index (χ3v) is 6.54. The number of allylic oxidation sites excluding steroid dienone is 4. The Morgan fingerprint density at radius 2 is 1.76 bits per heavy atom. The summed E-state index contributed by atoms with van der Waals surface area (Å²) in [5.41, 5.74) is 11.4. The molecule has 2 heteroatoms. The predicted molar refractivity (Wildman–Crippen MR) is 142 cm³/mol.